The van der Waals surface area contributed by atoms with Gasteiger partial charge in [0.25, 0.3) is 5.56 Å². The number of thiophene rings is 1. The van der Waals surface area contributed by atoms with Gasteiger partial charge in [0.2, 0.25) is 0 Å². The van der Waals surface area contributed by atoms with Crippen molar-refractivity contribution in [2.24, 2.45) is 0 Å². The number of aromatic amines is 1. The van der Waals surface area contributed by atoms with Crippen LogP contribution < -0.4 is 5.56 Å². The molecule has 0 aliphatic carbocycles. The van der Waals surface area contributed by atoms with Gasteiger partial charge in [0.1, 0.15) is 6.04 Å². The average molecular weight is 499 g/mol. The Bertz CT molecular complexity index is 1520. The number of aryl methyl sites for hydroxylation is 1. The fraction of sp³-hybridized carbons (Fsp3) is 0.286. The minimum atomic E-state index is -0.463. The van der Waals surface area contributed by atoms with Crippen LogP contribution >= 0.6 is 11.3 Å². The smallest absolute Gasteiger partial charge is 0.253 e. The second-order valence-electron chi connectivity index (χ2n) is 10.1. The summed E-state index contributed by atoms with van der Waals surface area (Å²) in [4.78, 5) is 20.2. The third kappa shape index (κ3) is 5.01. The number of benzene rings is 2. The molecule has 36 heavy (non-hydrogen) atoms. The van der Waals surface area contributed by atoms with Crippen LogP contribution in [0.3, 0.4) is 0 Å². The maximum atomic E-state index is 13.6. The van der Waals surface area contributed by atoms with Crippen molar-refractivity contribution in [3.63, 3.8) is 0 Å². The number of pyridine rings is 1. The Morgan fingerprint density at radius 1 is 1.03 bits per heavy atom. The molecule has 0 amide bonds. The number of fused-ring (bicyclic) bond motifs is 1. The third-order valence-electron chi connectivity index (χ3n) is 6.23. The molecular weight excluding hydrogens is 468 g/mol. The molecule has 184 valence electrons. The second-order valence-corrected chi connectivity index (χ2v) is 11.2. The molecule has 0 radical (unpaired) electrons. The first-order chi connectivity index (χ1) is 17.3. The molecule has 0 unspecified atom stereocenters. The number of nitrogens with zero attached hydrogens (tertiary/aromatic N) is 5. The van der Waals surface area contributed by atoms with E-state index in [9.17, 15) is 4.79 Å². The lowest BCUT2D eigenvalue weighted by Crippen LogP contribution is -2.37. The molecule has 0 aliphatic rings. The van der Waals surface area contributed by atoms with Crippen molar-refractivity contribution in [3.8, 4) is 0 Å². The molecular formula is C28H30N6OS. The first kappa shape index (κ1) is 24.1. The van der Waals surface area contributed by atoms with Gasteiger partial charge in [-0.05, 0) is 78.7 Å². The van der Waals surface area contributed by atoms with Gasteiger partial charge < -0.3 is 4.98 Å². The predicted octanol–water partition coefficient (Wildman–Crippen LogP) is 5.43. The molecule has 3 heterocycles. The van der Waals surface area contributed by atoms with Crippen molar-refractivity contribution < 1.29 is 0 Å². The van der Waals surface area contributed by atoms with Gasteiger partial charge in [-0.1, -0.05) is 48.0 Å². The molecule has 0 aliphatic heterocycles. The molecule has 5 rings (SSSR count). The number of hydrogen-bond acceptors (Lipinski definition) is 6. The average Bonchev–Trinajstić information content (AvgIpc) is 3.53. The van der Waals surface area contributed by atoms with E-state index in [1.54, 1.807) is 11.3 Å². The Balaban J connectivity index is 1.73. The largest absolute Gasteiger partial charge is 0.322 e. The quantitative estimate of drug-likeness (QED) is 0.324. The Morgan fingerprint density at radius 3 is 2.56 bits per heavy atom. The maximum absolute atomic E-state index is 13.6. The van der Waals surface area contributed by atoms with E-state index in [-0.39, 0.29) is 11.1 Å². The first-order valence-electron chi connectivity index (χ1n) is 12.0. The number of hydrogen-bond donors (Lipinski definition) is 1. The van der Waals surface area contributed by atoms with Gasteiger partial charge in [-0.3, -0.25) is 9.69 Å². The molecule has 3 aromatic heterocycles. The molecule has 2 aromatic carbocycles. The topological polar surface area (TPSA) is 79.7 Å². The number of rotatable bonds is 7. The van der Waals surface area contributed by atoms with E-state index in [1.165, 1.54) is 4.88 Å². The highest BCUT2D eigenvalue weighted by atomic mass is 32.1. The van der Waals surface area contributed by atoms with Crippen LogP contribution in [-0.2, 0) is 18.6 Å². The van der Waals surface area contributed by atoms with Gasteiger partial charge in [-0.25, -0.2) is 4.68 Å². The minimum Gasteiger partial charge on any atom is -0.322 e. The minimum absolute atomic E-state index is 0.135. The van der Waals surface area contributed by atoms with Gasteiger partial charge in [-0.2, -0.15) is 0 Å². The molecule has 7 nitrogen and oxygen atoms in total. The van der Waals surface area contributed by atoms with Gasteiger partial charge in [-0.15, -0.1) is 16.4 Å². The lowest BCUT2D eigenvalue weighted by Gasteiger charge is -2.32. The summed E-state index contributed by atoms with van der Waals surface area (Å²) in [5, 5.41) is 16.0. The highest BCUT2D eigenvalue weighted by molar-refractivity contribution is 7.09. The maximum Gasteiger partial charge on any atom is 0.253 e. The normalized spacial score (nSPS) is 12.9. The predicted molar refractivity (Wildman–Crippen MR) is 144 cm³/mol. The number of H-pyrrole nitrogens is 1. The van der Waals surface area contributed by atoms with E-state index in [0.29, 0.717) is 24.5 Å². The van der Waals surface area contributed by atoms with Crippen LogP contribution in [0.25, 0.3) is 10.9 Å². The highest BCUT2D eigenvalue weighted by Gasteiger charge is 2.33. The fourth-order valence-electron chi connectivity index (χ4n) is 4.55. The Hall–Kier alpha value is -3.62. The summed E-state index contributed by atoms with van der Waals surface area (Å²) >= 11 is 1.70. The molecule has 0 bridgehead atoms. The summed E-state index contributed by atoms with van der Waals surface area (Å²) in [5.41, 5.74) is 3.23. The lowest BCUT2D eigenvalue weighted by molar-refractivity contribution is 0.186. The van der Waals surface area contributed by atoms with E-state index in [4.69, 9.17) is 0 Å². The van der Waals surface area contributed by atoms with Crippen LogP contribution in [0.4, 0.5) is 0 Å². The standard InChI is InChI=1S/C28H30N6OS/c1-19-12-13-24-21(15-19)16-23(27(35)29-24)25(26-30-31-32-34(26)28(2,3)4)33(18-22-11-8-14-36-22)17-20-9-6-5-7-10-20/h5-16,25H,17-18H2,1-4H3,(H,29,35)/t25-/m0/s1. The number of aromatic nitrogens is 5. The number of tetrazole rings is 1. The monoisotopic (exact) mass is 498 g/mol. The van der Waals surface area contributed by atoms with E-state index in [1.807, 2.05) is 41.1 Å². The summed E-state index contributed by atoms with van der Waals surface area (Å²) in [7, 11) is 0. The summed E-state index contributed by atoms with van der Waals surface area (Å²) in [5.74, 6) is 0.646. The Labute approximate surface area is 214 Å². The van der Waals surface area contributed by atoms with Gasteiger partial charge in [0.15, 0.2) is 5.82 Å². The van der Waals surface area contributed by atoms with Crippen LogP contribution in [0.15, 0.2) is 76.9 Å². The highest BCUT2D eigenvalue weighted by Crippen LogP contribution is 2.32. The molecule has 1 atom stereocenters. The molecule has 1 N–H and O–H groups in total. The third-order valence-corrected chi connectivity index (χ3v) is 7.09. The van der Waals surface area contributed by atoms with Gasteiger partial charge in [0.05, 0.1) is 5.54 Å². The van der Waals surface area contributed by atoms with Crippen molar-refractivity contribution in [1.82, 2.24) is 30.1 Å². The van der Waals surface area contributed by atoms with Crippen LogP contribution in [0.2, 0.25) is 0 Å². The van der Waals surface area contributed by atoms with Gasteiger partial charge >= 0.3 is 0 Å². The van der Waals surface area contributed by atoms with Crippen molar-refractivity contribution >= 4 is 22.2 Å². The summed E-state index contributed by atoms with van der Waals surface area (Å²) in [6, 6.07) is 22.1. The molecule has 0 saturated heterocycles. The van der Waals surface area contributed by atoms with Crippen molar-refractivity contribution in [2.75, 3.05) is 0 Å². The van der Waals surface area contributed by atoms with Crippen LogP contribution in [0, 0.1) is 6.92 Å². The van der Waals surface area contributed by atoms with Crippen LogP contribution in [0.1, 0.15) is 54.2 Å². The first-order valence-corrected chi connectivity index (χ1v) is 12.9. The van der Waals surface area contributed by atoms with E-state index in [0.717, 1.165) is 22.0 Å². The molecule has 8 heteroatoms. The van der Waals surface area contributed by atoms with Crippen molar-refractivity contribution in [2.45, 2.75) is 52.4 Å². The summed E-state index contributed by atoms with van der Waals surface area (Å²) in [6.45, 7) is 9.54. The summed E-state index contributed by atoms with van der Waals surface area (Å²) < 4.78 is 1.84. The van der Waals surface area contributed by atoms with Gasteiger partial charge in [0, 0.05) is 29.0 Å². The zero-order valence-electron chi connectivity index (χ0n) is 21.0. The Kier molecular flexibility index (Phi) is 6.55. The SMILES string of the molecule is Cc1ccc2[nH]c(=O)c([C@@H](c3nnnn3C(C)(C)C)N(Cc3ccccc3)Cc3cccs3)cc2c1. The Morgan fingerprint density at radius 2 is 1.83 bits per heavy atom. The zero-order chi connectivity index (χ0) is 25.3. The molecule has 5 aromatic rings. The van der Waals surface area contributed by atoms with Crippen LogP contribution in [0.5, 0.6) is 0 Å². The van der Waals surface area contributed by atoms with E-state index >= 15 is 0 Å². The fourth-order valence-corrected chi connectivity index (χ4v) is 5.28. The van der Waals surface area contributed by atoms with Crippen LogP contribution in [-0.4, -0.2) is 30.1 Å². The van der Waals surface area contributed by atoms with Crippen molar-refractivity contribution in [3.05, 3.63) is 110 Å². The number of nitrogens with one attached hydrogen (secondary N) is 1. The zero-order valence-corrected chi connectivity index (χ0v) is 21.8. The second kappa shape index (κ2) is 9.79. The molecule has 0 saturated carbocycles. The molecule has 0 fully saturated rings. The molecule has 0 spiro atoms. The van der Waals surface area contributed by atoms with E-state index in [2.05, 4.69) is 88.8 Å². The van der Waals surface area contributed by atoms with E-state index < -0.39 is 6.04 Å². The lowest BCUT2D eigenvalue weighted by atomic mass is 10.00. The summed E-state index contributed by atoms with van der Waals surface area (Å²) in [6.07, 6.45) is 0. The van der Waals surface area contributed by atoms with Crippen molar-refractivity contribution in [1.29, 1.82) is 0 Å².